The third kappa shape index (κ3) is 40.0. The molecule has 0 radical (unpaired) electrons. The van der Waals surface area contributed by atoms with Crippen LogP contribution in [0.4, 0.5) is 0 Å². The molecular weight excluding hydrogens is 552 g/mol. The van der Waals surface area contributed by atoms with Crippen molar-refractivity contribution in [1.82, 2.24) is 0 Å². The van der Waals surface area contributed by atoms with E-state index >= 15 is 0 Å². The molecule has 0 amide bonds. The lowest BCUT2D eigenvalue weighted by atomic mass is 10.0. The van der Waals surface area contributed by atoms with Crippen molar-refractivity contribution in [2.75, 3.05) is 39.6 Å². The first kappa shape index (κ1) is 44.9. The molecule has 0 spiro atoms. The highest BCUT2D eigenvalue weighted by Crippen LogP contribution is 2.17. The van der Waals surface area contributed by atoms with Crippen LogP contribution in [-0.4, -0.2) is 39.6 Å². The Kier molecular flexibility index (Phi) is 39.9. The van der Waals surface area contributed by atoms with Crippen molar-refractivity contribution in [1.29, 1.82) is 0 Å². The Bertz CT molecular complexity index is 466. The second-order valence-electron chi connectivity index (χ2n) is 14.7. The highest BCUT2D eigenvalue weighted by atomic mass is 16.5. The quantitative estimate of drug-likeness (QED) is 0.0625. The average molecular weight is 639 g/mol. The van der Waals surface area contributed by atoms with Gasteiger partial charge in [0.1, 0.15) is 0 Å². The molecule has 0 aromatic rings. The predicted octanol–water partition coefficient (Wildman–Crippen LogP) is 14.1. The minimum atomic E-state index is 0.659. The normalized spacial score (nSPS) is 13.1. The van der Waals surface area contributed by atoms with Gasteiger partial charge in [0.2, 0.25) is 0 Å². The Hall–Kier alpha value is -0.120. The van der Waals surface area contributed by atoms with E-state index < -0.39 is 0 Å². The number of hydrogen-bond donors (Lipinski definition) is 0. The molecule has 0 N–H and O–H groups in total. The highest BCUT2D eigenvalue weighted by molar-refractivity contribution is 4.56. The SMILES string of the molecule is CCCCCCCCCCCCCCCCC(C)COCCOCCOCC(C)CCCCCCCCCCCCCCCC. The van der Waals surface area contributed by atoms with Crippen LogP contribution in [-0.2, 0) is 14.2 Å². The molecule has 2 unspecified atom stereocenters. The summed E-state index contributed by atoms with van der Waals surface area (Å²) in [5.41, 5.74) is 0. The molecule has 0 saturated heterocycles. The maximum atomic E-state index is 5.86. The molecule has 2 atom stereocenters. The van der Waals surface area contributed by atoms with E-state index in [1.807, 2.05) is 0 Å². The lowest BCUT2D eigenvalue weighted by Crippen LogP contribution is -2.14. The van der Waals surface area contributed by atoms with E-state index in [2.05, 4.69) is 27.7 Å². The first-order valence-corrected chi connectivity index (χ1v) is 20.9. The van der Waals surface area contributed by atoms with Crippen molar-refractivity contribution in [2.45, 2.75) is 220 Å². The van der Waals surface area contributed by atoms with Gasteiger partial charge in [-0.05, 0) is 24.7 Å². The van der Waals surface area contributed by atoms with Crippen molar-refractivity contribution in [3.8, 4) is 0 Å². The van der Waals surface area contributed by atoms with Gasteiger partial charge in [0.25, 0.3) is 0 Å². The topological polar surface area (TPSA) is 27.7 Å². The molecule has 0 saturated carbocycles. The van der Waals surface area contributed by atoms with E-state index in [9.17, 15) is 0 Å². The zero-order valence-electron chi connectivity index (χ0n) is 31.8. The Morgan fingerprint density at radius 2 is 0.511 bits per heavy atom. The van der Waals surface area contributed by atoms with Gasteiger partial charge < -0.3 is 14.2 Å². The Labute approximate surface area is 285 Å². The molecule has 45 heavy (non-hydrogen) atoms. The van der Waals surface area contributed by atoms with E-state index in [0.29, 0.717) is 38.3 Å². The third-order valence-electron chi connectivity index (χ3n) is 9.65. The largest absolute Gasteiger partial charge is 0.379 e. The summed E-state index contributed by atoms with van der Waals surface area (Å²) in [6, 6.07) is 0. The van der Waals surface area contributed by atoms with Crippen molar-refractivity contribution in [2.24, 2.45) is 11.8 Å². The average Bonchev–Trinajstić information content (AvgIpc) is 3.04. The summed E-state index contributed by atoms with van der Waals surface area (Å²) in [5.74, 6) is 1.32. The second-order valence-corrected chi connectivity index (χ2v) is 14.7. The summed E-state index contributed by atoms with van der Waals surface area (Å²) in [6.45, 7) is 13.8. The van der Waals surface area contributed by atoms with Crippen LogP contribution < -0.4 is 0 Å². The van der Waals surface area contributed by atoms with Gasteiger partial charge in [-0.3, -0.25) is 0 Å². The van der Waals surface area contributed by atoms with Crippen molar-refractivity contribution < 1.29 is 14.2 Å². The molecular formula is C42H86O3. The molecule has 0 fully saturated rings. The van der Waals surface area contributed by atoms with Crippen LogP contribution >= 0.6 is 0 Å². The van der Waals surface area contributed by atoms with Gasteiger partial charge in [-0.2, -0.15) is 0 Å². The number of ether oxygens (including phenoxy) is 3. The fourth-order valence-electron chi connectivity index (χ4n) is 6.45. The minimum absolute atomic E-state index is 0.659. The molecule has 0 bridgehead atoms. The predicted molar refractivity (Wildman–Crippen MR) is 201 cm³/mol. The number of rotatable bonds is 40. The fraction of sp³-hybridized carbons (Fsp3) is 1.00. The maximum Gasteiger partial charge on any atom is 0.0701 e. The summed E-state index contributed by atoms with van der Waals surface area (Å²) >= 11 is 0. The maximum absolute atomic E-state index is 5.86. The fourth-order valence-corrected chi connectivity index (χ4v) is 6.45. The van der Waals surface area contributed by atoms with Crippen LogP contribution in [0.25, 0.3) is 0 Å². The van der Waals surface area contributed by atoms with E-state index in [0.717, 1.165) is 13.2 Å². The summed E-state index contributed by atoms with van der Waals surface area (Å²) in [5, 5.41) is 0. The molecule has 0 heterocycles. The van der Waals surface area contributed by atoms with Gasteiger partial charge >= 0.3 is 0 Å². The zero-order valence-corrected chi connectivity index (χ0v) is 31.8. The Morgan fingerprint density at radius 1 is 0.289 bits per heavy atom. The zero-order chi connectivity index (χ0) is 32.7. The smallest absolute Gasteiger partial charge is 0.0701 e. The molecule has 0 aliphatic carbocycles. The van der Waals surface area contributed by atoms with Crippen LogP contribution in [0, 0.1) is 11.8 Å². The van der Waals surface area contributed by atoms with Crippen LogP contribution in [0.3, 0.4) is 0 Å². The van der Waals surface area contributed by atoms with Gasteiger partial charge in [0.05, 0.1) is 26.4 Å². The van der Waals surface area contributed by atoms with E-state index in [-0.39, 0.29) is 0 Å². The van der Waals surface area contributed by atoms with Gasteiger partial charge in [-0.15, -0.1) is 0 Å². The van der Waals surface area contributed by atoms with Crippen LogP contribution in [0.1, 0.15) is 220 Å². The Balaban J connectivity index is 3.23. The van der Waals surface area contributed by atoms with Crippen molar-refractivity contribution >= 4 is 0 Å². The monoisotopic (exact) mass is 639 g/mol. The third-order valence-corrected chi connectivity index (χ3v) is 9.65. The summed E-state index contributed by atoms with van der Waals surface area (Å²) in [4.78, 5) is 0. The second kappa shape index (κ2) is 40.1. The number of hydrogen-bond acceptors (Lipinski definition) is 3. The summed E-state index contributed by atoms with van der Waals surface area (Å²) in [6.07, 6.45) is 42.6. The first-order chi connectivity index (χ1) is 22.2. The van der Waals surface area contributed by atoms with E-state index in [1.54, 1.807) is 0 Å². The molecule has 3 heteroatoms. The molecule has 3 nitrogen and oxygen atoms in total. The van der Waals surface area contributed by atoms with Crippen LogP contribution in [0.5, 0.6) is 0 Å². The van der Waals surface area contributed by atoms with Crippen molar-refractivity contribution in [3.63, 3.8) is 0 Å². The lowest BCUT2D eigenvalue weighted by Gasteiger charge is -2.13. The van der Waals surface area contributed by atoms with Gasteiger partial charge in [-0.1, -0.05) is 207 Å². The number of unbranched alkanes of at least 4 members (excludes halogenated alkanes) is 26. The van der Waals surface area contributed by atoms with E-state index in [4.69, 9.17) is 14.2 Å². The van der Waals surface area contributed by atoms with Crippen LogP contribution in [0.15, 0.2) is 0 Å². The van der Waals surface area contributed by atoms with Gasteiger partial charge in [-0.25, -0.2) is 0 Å². The van der Waals surface area contributed by atoms with Crippen molar-refractivity contribution in [3.05, 3.63) is 0 Å². The molecule has 0 aliphatic rings. The standard InChI is InChI=1S/C42H86O3/c1-5-7-9-11-13-15-17-19-21-23-25-27-29-31-33-41(3)39-44-37-35-43-36-38-45-40-42(4)34-32-30-28-26-24-22-20-18-16-14-12-10-8-6-2/h41-42H,5-40H2,1-4H3. The minimum Gasteiger partial charge on any atom is -0.379 e. The van der Waals surface area contributed by atoms with Crippen LogP contribution in [0.2, 0.25) is 0 Å². The Morgan fingerprint density at radius 3 is 0.778 bits per heavy atom. The highest BCUT2D eigenvalue weighted by Gasteiger charge is 2.04. The summed E-state index contributed by atoms with van der Waals surface area (Å²) in [7, 11) is 0. The molecule has 0 aromatic carbocycles. The summed E-state index contributed by atoms with van der Waals surface area (Å²) < 4.78 is 17.4. The molecule has 0 aromatic heterocycles. The van der Waals surface area contributed by atoms with Gasteiger partial charge in [0, 0.05) is 13.2 Å². The molecule has 272 valence electrons. The van der Waals surface area contributed by atoms with E-state index in [1.165, 1.54) is 193 Å². The molecule has 0 rings (SSSR count). The lowest BCUT2D eigenvalue weighted by molar-refractivity contribution is 0.00224. The molecule has 0 aliphatic heterocycles. The van der Waals surface area contributed by atoms with Gasteiger partial charge in [0.15, 0.2) is 0 Å². The first-order valence-electron chi connectivity index (χ1n) is 20.9.